The zero-order valence-corrected chi connectivity index (χ0v) is 8.05. The summed E-state index contributed by atoms with van der Waals surface area (Å²) in [6, 6.07) is 7.07. The van der Waals surface area contributed by atoms with Crippen molar-refractivity contribution in [3.05, 3.63) is 29.8 Å². The number of benzene rings is 1. The average molecular weight is 196 g/mol. The van der Waals surface area contributed by atoms with Gasteiger partial charge in [-0.2, -0.15) is 0 Å². The number of rotatable bonds is 3. The van der Waals surface area contributed by atoms with E-state index in [0.29, 0.717) is 18.7 Å². The Balaban J connectivity index is 2.66. The van der Waals surface area contributed by atoms with Crippen LogP contribution in [0, 0.1) is 0 Å². The van der Waals surface area contributed by atoms with Crippen molar-refractivity contribution in [3.63, 3.8) is 0 Å². The van der Waals surface area contributed by atoms with E-state index in [0.717, 1.165) is 4.90 Å². The van der Waals surface area contributed by atoms with Gasteiger partial charge in [-0.3, -0.25) is 4.79 Å². The summed E-state index contributed by atoms with van der Waals surface area (Å²) in [6.45, 7) is 0.946. The summed E-state index contributed by atoms with van der Waals surface area (Å²) in [6.07, 6.45) is 0. The molecule has 4 heteroatoms. The molecule has 3 N–H and O–H groups in total. The largest absolute Gasteiger partial charge is 0.351 e. The summed E-state index contributed by atoms with van der Waals surface area (Å²) in [5.74, 6) is -0.110. The molecule has 13 heavy (non-hydrogen) atoms. The van der Waals surface area contributed by atoms with E-state index in [9.17, 15) is 4.79 Å². The number of carbonyl (C=O) groups excluding carboxylic acids is 1. The van der Waals surface area contributed by atoms with Gasteiger partial charge in [0.2, 0.25) is 0 Å². The summed E-state index contributed by atoms with van der Waals surface area (Å²) in [5, 5.41) is 2.68. The fourth-order valence-electron chi connectivity index (χ4n) is 0.935. The van der Waals surface area contributed by atoms with Crippen LogP contribution in [0.5, 0.6) is 0 Å². The van der Waals surface area contributed by atoms with Gasteiger partial charge in [0.15, 0.2) is 0 Å². The van der Waals surface area contributed by atoms with Crippen molar-refractivity contribution in [1.82, 2.24) is 5.32 Å². The van der Waals surface area contributed by atoms with Crippen molar-refractivity contribution in [3.8, 4) is 0 Å². The Labute approximate surface area is 82.7 Å². The van der Waals surface area contributed by atoms with Gasteiger partial charge in [0.05, 0.1) is 0 Å². The van der Waals surface area contributed by atoms with Crippen LogP contribution in [-0.4, -0.2) is 19.0 Å². The van der Waals surface area contributed by atoms with Crippen molar-refractivity contribution in [2.45, 2.75) is 4.90 Å². The van der Waals surface area contributed by atoms with E-state index >= 15 is 0 Å². The second kappa shape index (κ2) is 4.89. The van der Waals surface area contributed by atoms with Crippen molar-refractivity contribution in [1.29, 1.82) is 0 Å². The van der Waals surface area contributed by atoms with Crippen LogP contribution in [0.4, 0.5) is 0 Å². The molecule has 0 aliphatic rings. The lowest BCUT2D eigenvalue weighted by Gasteiger charge is -2.03. The molecule has 3 nitrogen and oxygen atoms in total. The Bertz CT molecular complexity index is 301. The number of thiol groups is 1. The fraction of sp³-hybridized carbons (Fsp3) is 0.222. The van der Waals surface area contributed by atoms with Gasteiger partial charge in [-0.05, 0) is 18.2 Å². The number of nitrogens with one attached hydrogen (secondary N) is 1. The van der Waals surface area contributed by atoms with Crippen molar-refractivity contribution in [2.75, 3.05) is 13.1 Å². The highest BCUT2D eigenvalue weighted by molar-refractivity contribution is 7.80. The van der Waals surface area contributed by atoms with Crippen LogP contribution in [0.1, 0.15) is 10.4 Å². The molecule has 1 amide bonds. The molecule has 0 saturated heterocycles. The summed E-state index contributed by atoms with van der Waals surface area (Å²) in [7, 11) is 0. The Morgan fingerprint density at radius 3 is 2.92 bits per heavy atom. The molecule has 0 radical (unpaired) electrons. The van der Waals surface area contributed by atoms with Crippen LogP contribution in [0.15, 0.2) is 29.2 Å². The predicted molar refractivity (Wildman–Crippen MR) is 55.1 cm³/mol. The van der Waals surface area contributed by atoms with Crippen molar-refractivity contribution >= 4 is 18.5 Å². The molecule has 0 bridgehead atoms. The molecular formula is C9H12N2OS. The smallest absolute Gasteiger partial charge is 0.251 e. The number of nitrogens with two attached hydrogens (primary N) is 1. The summed E-state index contributed by atoms with van der Waals surface area (Å²) >= 11 is 4.14. The first-order chi connectivity index (χ1) is 6.24. The van der Waals surface area contributed by atoms with E-state index in [2.05, 4.69) is 17.9 Å². The Hall–Kier alpha value is -1.00. The first kappa shape index (κ1) is 10.1. The zero-order valence-electron chi connectivity index (χ0n) is 7.16. The molecule has 0 aromatic heterocycles. The molecule has 0 unspecified atom stereocenters. The summed E-state index contributed by atoms with van der Waals surface area (Å²) < 4.78 is 0. The maximum absolute atomic E-state index is 11.4. The maximum atomic E-state index is 11.4. The minimum Gasteiger partial charge on any atom is -0.351 e. The molecule has 1 aromatic carbocycles. The number of carbonyl (C=O) groups is 1. The second-order valence-corrected chi connectivity index (χ2v) is 3.11. The SMILES string of the molecule is NCCNC(=O)c1cccc(S)c1. The van der Waals surface area contributed by atoms with E-state index in [1.54, 1.807) is 18.2 Å². The lowest BCUT2D eigenvalue weighted by Crippen LogP contribution is -2.28. The number of hydrogen-bond acceptors (Lipinski definition) is 3. The van der Waals surface area contributed by atoms with E-state index < -0.39 is 0 Å². The fourth-order valence-corrected chi connectivity index (χ4v) is 1.16. The highest BCUT2D eigenvalue weighted by atomic mass is 32.1. The van der Waals surface area contributed by atoms with E-state index in [-0.39, 0.29) is 5.91 Å². The third-order valence-corrected chi connectivity index (χ3v) is 1.82. The van der Waals surface area contributed by atoms with Crippen LogP contribution < -0.4 is 11.1 Å². The Morgan fingerprint density at radius 2 is 2.31 bits per heavy atom. The first-order valence-corrected chi connectivity index (χ1v) is 4.46. The minimum atomic E-state index is -0.110. The van der Waals surface area contributed by atoms with E-state index in [1.165, 1.54) is 0 Å². The molecule has 0 atom stereocenters. The lowest BCUT2D eigenvalue weighted by molar-refractivity contribution is 0.0954. The van der Waals surface area contributed by atoms with Crippen LogP contribution >= 0.6 is 12.6 Å². The molecule has 1 aromatic rings. The standard InChI is InChI=1S/C9H12N2OS/c10-4-5-11-9(12)7-2-1-3-8(13)6-7/h1-3,6,13H,4-5,10H2,(H,11,12). The second-order valence-electron chi connectivity index (χ2n) is 2.59. The topological polar surface area (TPSA) is 55.1 Å². The molecule has 0 aliphatic carbocycles. The monoisotopic (exact) mass is 196 g/mol. The normalized spacial score (nSPS) is 9.69. The quantitative estimate of drug-likeness (QED) is 0.622. The molecule has 70 valence electrons. The lowest BCUT2D eigenvalue weighted by atomic mass is 10.2. The van der Waals surface area contributed by atoms with Gasteiger partial charge in [0.25, 0.3) is 5.91 Å². The van der Waals surface area contributed by atoms with Gasteiger partial charge in [-0.15, -0.1) is 12.6 Å². The maximum Gasteiger partial charge on any atom is 0.251 e. The zero-order chi connectivity index (χ0) is 9.68. The number of hydrogen-bond donors (Lipinski definition) is 3. The van der Waals surface area contributed by atoms with E-state index in [4.69, 9.17) is 5.73 Å². The van der Waals surface area contributed by atoms with Gasteiger partial charge >= 0.3 is 0 Å². The predicted octanol–water partition coefficient (Wildman–Crippen LogP) is 0.664. The average Bonchev–Trinajstić information content (AvgIpc) is 2.14. The van der Waals surface area contributed by atoms with Gasteiger partial charge in [0.1, 0.15) is 0 Å². The first-order valence-electron chi connectivity index (χ1n) is 4.01. The van der Waals surface area contributed by atoms with Crippen LogP contribution in [0.3, 0.4) is 0 Å². The van der Waals surface area contributed by atoms with Crippen molar-refractivity contribution < 1.29 is 4.79 Å². The summed E-state index contributed by atoms with van der Waals surface area (Å²) in [4.78, 5) is 12.1. The summed E-state index contributed by atoms with van der Waals surface area (Å²) in [5.41, 5.74) is 5.87. The van der Waals surface area contributed by atoms with E-state index in [1.807, 2.05) is 6.07 Å². The minimum absolute atomic E-state index is 0.110. The van der Waals surface area contributed by atoms with Crippen molar-refractivity contribution in [2.24, 2.45) is 5.73 Å². The van der Waals surface area contributed by atoms with Crippen LogP contribution in [0.25, 0.3) is 0 Å². The van der Waals surface area contributed by atoms with Gasteiger partial charge < -0.3 is 11.1 Å². The molecule has 0 spiro atoms. The van der Waals surface area contributed by atoms with Crippen LogP contribution in [-0.2, 0) is 0 Å². The molecular weight excluding hydrogens is 184 g/mol. The van der Waals surface area contributed by atoms with Gasteiger partial charge in [0, 0.05) is 23.5 Å². The molecule has 0 aliphatic heterocycles. The Kier molecular flexibility index (Phi) is 3.79. The number of amides is 1. The molecule has 1 rings (SSSR count). The molecule has 0 heterocycles. The van der Waals surface area contributed by atoms with Gasteiger partial charge in [-0.1, -0.05) is 6.07 Å². The molecule has 0 saturated carbocycles. The third-order valence-electron chi connectivity index (χ3n) is 1.54. The highest BCUT2D eigenvalue weighted by Crippen LogP contribution is 2.08. The third kappa shape index (κ3) is 3.08. The van der Waals surface area contributed by atoms with Gasteiger partial charge in [-0.25, -0.2) is 0 Å². The molecule has 0 fully saturated rings. The Morgan fingerprint density at radius 1 is 1.54 bits per heavy atom. The highest BCUT2D eigenvalue weighted by Gasteiger charge is 2.03. The van der Waals surface area contributed by atoms with Crippen LogP contribution in [0.2, 0.25) is 0 Å².